The van der Waals surface area contributed by atoms with Gasteiger partial charge in [0.25, 0.3) is 5.91 Å². The van der Waals surface area contributed by atoms with E-state index in [0.717, 1.165) is 32.6 Å². The van der Waals surface area contributed by atoms with Crippen LogP contribution in [0.4, 0.5) is 0 Å². The molecule has 2 rings (SSSR count). The van der Waals surface area contributed by atoms with Gasteiger partial charge in [-0.3, -0.25) is 4.79 Å². The molecule has 20 heavy (non-hydrogen) atoms. The number of halogens is 1. The fraction of sp³-hybridized carbons (Fsp3) is 0.667. The van der Waals surface area contributed by atoms with Crippen LogP contribution in [0, 0.1) is 0 Å². The average molecular weight is 298 g/mol. The number of aromatic nitrogens is 1. The SMILES string of the molecule is CCN(CC1CCCCN1)C(=O)c1cc(Cl)cn1CC. The highest BCUT2D eigenvalue weighted by molar-refractivity contribution is 6.31. The second-order valence-corrected chi connectivity index (χ2v) is 5.76. The summed E-state index contributed by atoms with van der Waals surface area (Å²) in [5, 5.41) is 4.12. The van der Waals surface area contributed by atoms with Gasteiger partial charge in [0.05, 0.1) is 5.02 Å². The summed E-state index contributed by atoms with van der Waals surface area (Å²) >= 11 is 6.02. The minimum absolute atomic E-state index is 0.0774. The number of carbonyl (C=O) groups is 1. The summed E-state index contributed by atoms with van der Waals surface area (Å²) in [5.41, 5.74) is 0.690. The Hall–Kier alpha value is -1.00. The standard InChI is InChI=1S/C15H24ClN3O/c1-3-18-10-12(16)9-14(18)15(20)19(4-2)11-13-7-5-6-8-17-13/h9-10,13,17H,3-8,11H2,1-2H3. The van der Waals surface area contributed by atoms with Crippen LogP contribution in [0.2, 0.25) is 5.02 Å². The lowest BCUT2D eigenvalue weighted by molar-refractivity contribution is 0.0731. The third kappa shape index (κ3) is 3.55. The molecule has 1 N–H and O–H groups in total. The lowest BCUT2D eigenvalue weighted by Crippen LogP contribution is -2.46. The minimum atomic E-state index is 0.0774. The van der Waals surface area contributed by atoms with Crippen LogP contribution in [0.5, 0.6) is 0 Å². The molecule has 1 aliphatic heterocycles. The molecular formula is C15H24ClN3O. The van der Waals surface area contributed by atoms with E-state index in [9.17, 15) is 4.79 Å². The highest BCUT2D eigenvalue weighted by Gasteiger charge is 2.22. The van der Waals surface area contributed by atoms with Crippen LogP contribution in [0.25, 0.3) is 0 Å². The molecule has 0 radical (unpaired) electrons. The Bertz CT molecular complexity index is 452. The molecule has 112 valence electrons. The van der Waals surface area contributed by atoms with E-state index in [0.29, 0.717) is 16.8 Å². The van der Waals surface area contributed by atoms with Crippen LogP contribution in [-0.4, -0.2) is 41.1 Å². The van der Waals surface area contributed by atoms with Crippen LogP contribution in [0.3, 0.4) is 0 Å². The smallest absolute Gasteiger partial charge is 0.270 e. The maximum absolute atomic E-state index is 12.7. The summed E-state index contributed by atoms with van der Waals surface area (Å²) in [6.07, 6.45) is 5.46. The summed E-state index contributed by atoms with van der Waals surface area (Å²) in [4.78, 5) is 14.6. The molecule has 0 spiro atoms. The molecule has 2 heterocycles. The predicted octanol–water partition coefficient (Wildman–Crippen LogP) is 2.77. The van der Waals surface area contributed by atoms with Crippen molar-refractivity contribution < 1.29 is 4.79 Å². The van der Waals surface area contributed by atoms with Crippen molar-refractivity contribution in [3.05, 3.63) is 23.0 Å². The summed E-state index contributed by atoms with van der Waals surface area (Å²) in [6, 6.07) is 2.19. The van der Waals surface area contributed by atoms with Crippen LogP contribution in [0.1, 0.15) is 43.6 Å². The molecule has 0 aromatic carbocycles. The van der Waals surface area contributed by atoms with Crippen LogP contribution < -0.4 is 5.32 Å². The number of hydrogen-bond donors (Lipinski definition) is 1. The molecular weight excluding hydrogens is 274 g/mol. The summed E-state index contributed by atoms with van der Waals surface area (Å²) in [5.74, 6) is 0.0774. The molecule has 1 amide bonds. The monoisotopic (exact) mass is 297 g/mol. The number of nitrogens with one attached hydrogen (secondary N) is 1. The van der Waals surface area contributed by atoms with Gasteiger partial charge in [-0.05, 0) is 39.3 Å². The Morgan fingerprint density at radius 2 is 2.30 bits per heavy atom. The number of amides is 1. The fourth-order valence-corrected chi connectivity index (χ4v) is 3.00. The highest BCUT2D eigenvalue weighted by atomic mass is 35.5. The van der Waals surface area contributed by atoms with Crippen molar-refractivity contribution in [1.29, 1.82) is 0 Å². The predicted molar refractivity (Wildman–Crippen MR) is 82.3 cm³/mol. The lowest BCUT2D eigenvalue weighted by Gasteiger charge is -2.30. The second-order valence-electron chi connectivity index (χ2n) is 5.32. The number of carbonyl (C=O) groups excluding carboxylic acids is 1. The van der Waals surface area contributed by atoms with Crippen LogP contribution >= 0.6 is 11.6 Å². The van der Waals surface area contributed by atoms with Crippen molar-refractivity contribution in [2.75, 3.05) is 19.6 Å². The van der Waals surface area contributed by atoms with E-state index >= 15 is 0 Å². The lowest BCUT2D eigenvalue weighted by atomic mass is 10.0. The molecule has 1 unspecified atom stereocenters. The Kier molecular flexibility index (Phi) is 5.49. The largest absolute Gasteiger partial charge is 0.342 e. The van der Waals surface area contributed by atoms with Gasteiger partial charge in [-0.25, -0.2) is 0 Å². The van der Waals surface area contributed by atoms with E-state index in [2.05, 4.69) is 5.32 Å². The number of piperidine rings is 1. The molecule has 1 aromatic rings. The molecule has 5 heteroatoms. The van der Waals surface area contributed by atoms with E-state index in [1.54, 1.807) is 6.07 Å². The molecule has 1 fully saturated rings. The minimum Gasteiger partial charge on any atom is -0.342 e. The second kappa shape index (κ2) is 7.14. The molecule has 1 saturated heterocycles. The average Bonchev–Trinajstić information content (AvgIpc) is 2.86. The van der Waals surface area contributed by atoms with Gasteiger partial charge in [-0.2, -0.15) is 0 Å². The summed E-state index contributed by atoms with van der Waals surface area (Å²) in [7, 11) is 0. The van der Waals surface area contributed by atoms with Gasteiger partial charge in [0.1, 0.15) is 5.69 Å². The van der Waals surface area contributed by atoms with Crippen molar-refractivity contribution in [2.24, 2.45) is 0 Å². The van der Waals surface area contributed by atoms with E-state index < -0.39 is 0 Å². The number of rotatable bonds is 5. The maximum Gasteiger partial charge on any atom is 0.270 e. The maximum atomic E-state index is 12.7. The van der Waals surface area contributed by atoms with Crippen molar-refractivity contribution in [3.63, 3.8) is 0 Å². The first kappa shape index (κ1) is 15.4. The van der Waals surface area contributed by atoms with E-state index in [1.807, 2.05) is 29.5 Å². The zero-order valence-electron chi connectivity index (χ0n) is 12.4. The number of nitrogens with zero attached hydrogens (tertiary/aromatic N) is 2. The molecule has 0 saturated carbocycles. The van der Waals surface area contributed by atoms with Crippen molar-refractivity contribution in [3.8, 4) is 0 Å². The van der Waals surface area contributed by atoms with Gasteiger partial charge in [0.2, 0.25) is 0 Å². The van der Waals surface area contributed by atoms with Gasteiger partial charge in [-0.1, -0.05) is 18.0 Å². The van der Waals surface area contributed by atoms with Gasteiger partial charge < -0.3 is 14.8 Å². The van der Waals surface area contributed by atoms with Crippen molar-refractivity contribution >= 4 is 17.5 Å². The van der Waals surface area contributed by atoms with Crippen molar-refractivity contribution in [1.82, 2.24) is 14.8 Å². The highest BCUT2D eigenvalue weighted by Crippen LogP contribution is 2.17. The van der Waals surface area contributed by atoms with Gasteiger partial charge in [0, 0.05) is 31.9 Å². The number of aryl methyl sites for hydroxylation is 1. The van der Waals surface area contributed by atoms with E-state index in [4.69, 9.17) is 11.6 Å². The third-order valence-corrected chi connectivity index (χ3v) is 4.15. The van der Waals surface area contributed by atoms with Gasteiger partial charge in [-0.15, -0.1) is 0 Å². The normalized spacial score (nSPS) is 19.1. The first-order valence-electron chi connectivity index (χ1n) is 7.54. The summed E-state index contributed by atoms with van der Waals surface area (Å²) in [6.45, 7) is 7.37. The quantitative estimate of drug-likeness (QED) is 0.907. The topological polar surface area (TPSA) is 37.3 Å². The molecule has 1 aliphatic rings. The van der Waals surface area contributed by atoms with Gasteiger partial charge in [0.15, 0.2) is 0 Å². The van der Waals surface area contributed by atoms with E-state index in [-0.39, 0.29) is 5.91 Å². The van der Waals surface area contributed by atoms with Crippen molar-refractivity contribution in [2.45, 2.75) is 45.7 Å². The summed E-state index contributed by atoms with van der Waals surface area (Å²) < 4.78 is 1.92. The first-order chi connectivity index (χ1) is 9.65. The molecule has 4 nitrogen and oxygen atoms in total. The molecule has 1 aromatic heterocycles. The zero-order valence-corrected chi connectivity index (χ0v) is 13.1. The van der Waals surface area contributed by atoms with Crippen LogP contribution in [0.15, 0.2) is 12.3 Å². The Labute approximate surface area is 126 Å². The Balaban J connectivity index is 2.07. The number of hydrogen-bond acceptors (Lipinski definition) is 2. The van der Waals surface area contributed by atoms with E-state index in [1.165, 1.54) is 12.8 Å². The fourth-order valence-electron chi connectivity index (χ4n) is 2.78. The van der Waals surface area contributed by atoms with Gasteiger partial charge >= 0.3 is 0 Å². The molecule has 1 atom stereocenters. The first-order valence-corrected chi connectivity index (χ1v) is 7.91. The molecule has 0 bridgehead atoms. The zero-order chi connectivity index (χ0) is 14.5. The number of likely N-dealkylation sites (N-methyl/N-ethyl adjacent to an activating group) is 1. The third-order valence-electron chi connectivity index (χ3n) is 3.95. The Morgan fingerprint density at radius 3 is 2.90 bits per heavy atom. The molecule has 0 aliphatic carbocycles. The Morgan fingerprint density at radius 1 is 1.50 bits per heavy atom. The van der Waals surface area contributed by atoms with Crippen LogP contribution in [-0.2, 0) is 6.54 Å².